The van der Waals surface area contributed by atoms with Gasteiger partial charge in [-0.25, -0.2) is 0 Å². The van der Waals surface area contributed by atoms with E-state index in [1.165, 1.54) is 21.6 Å². The molecule has 112 valence electrons. The van der Waals surface area contributed by atoms with Gasteiger partial charge in [-0.1, -0.05) is 6.07 Å². The number of carbonyl (C=O) groups excluding carboxylic acids is 1. The van der Waals surface area contributed by atoms with Gasteiger partial charge < -0.3 is 5.32 Å². The number of benzene rings is 1. The fourth-order valence-corrected chi connectivity index (χ4v) is 3.12. The fourth-order valence-electron chi connectivity index (χ4n) is 2.13. The third kappa shape index (κ3) is 4.41. The molecule has 1 amide bonds. The first kappa shape index (κ1) is 15.7. The van der Waals surface area contributed by atoms with Gasteiger partial charge >= 0.3 is 0 Å². The Labute approximate surface area is 130 Å². The van der Waals surface area contributed by atoms with Gasteiger partial charge in [0.15, 0.2) is 0 Å². The maximum absolute atomic E-state index is 12.1. The Balaban J connectivity index is 1.89. The van der Waals surface area contributed by atoms with Crippen LogP contribution < -0.4 is 5.32 Å². The number of amides is 1. The van der Waals surface area contributed by atoms with Gasteiger partial charge in [0.2, 0.25) is 5.91 Å². The number of anilines is 1. The van der Waals surface area contributed by atoms with E-state index in [9.17, 15) is 4.79 Å². The van der Waals surface area contributed by atoms with E-state index in [1.54, 1.807) is 11.3 Å². The van der Waals surface area contributed by atoms with Crippen molar-refractivity contribution in [1.29, 1.82) is 0 Å². The second kappa shape index (κ2) is 6.87. The number of nitrogens with one attached hydrogen (secondary N) is 1. The van der Waals surface area contributed by atoms with Crippen molar-refractivity contribution < 1.29 is 4.79 Å². The second-order valence-electron chi connectivity index (χ2n) is 5.55. The van der Waals surface area contributed by atoms with Crippen molar-refractivity contribution in [2.24, 2.45) is 0 Å². The summed E-state index contributed by atoms with van der Waals surface area (Å²) in [5, 5.41) is 5.05. The Morgan fingerprint density at radius 2 is 1.90 bits per heavy atom. The lowest BCUT2D eigenvalue weighted by Gasteiger charge is -2.16. The number of aryl methyl sites for hydroxylation is 3. The summed E-state index contributed by atoms with van der Waals surface area (Å²) in [6.07, 6.45) is 0. The molecule has 1 aromatic heterocycles. The highest BCUT2D eigenvalue weighted by molar-refractivity contribution is 7.10. The maximum Gasteiger partial charge on any atom is 0.238 e. The van der Waals surface area contributed by atoms with Gasteiger partial charge in [-0.3, -0.25) is 9.69 Å². The number of nitrogens with zero attached hydrogens (tertiary/aromatic N) is 1. The number of carbonyl (C=O) groups is 1. The number of rotatable bonds is 5. The average molecular weight is 302 g/mol. The van der Waals surface area contributed by atoms with Crippen molar-refractivity contribution in [3.63, 3.8) is 0 Å². The molecule has 0 saturated heterocycles. The smallest absolute Gasteiger partial charge is 0.238 e. The first-order valence-electron chi connectivity index (χ1n) is 7.04. The van der Waals surface area contributed by atoms with Crippen molar-refractivity contribution in [1.82, 2.24) is 4.90 Å². The first-order valence-corrected chi connectivity index (χ1v) is 7.92. The van der Waals surface area contributed by atoms with Gasteiger partial charge in [0, 0.05) is 17.1 Å². The topological polar surface area (TPSA) is 32.3 Å². The molecule has 0 saturated carbocycles. The minimum Gasteiger partial charge on any atom is -0.325 e. The van der Waals surface area contributed by atoms with Crippen LogP contribution in [0.15, 0.2) is 29.6 Å². The molecule has 21 heavy (non-hydrogen) atoms. The average Bonchev–Trinajstić information content (AvgIpc) is 2.79. The van der Waals surface area contributed by atoms with E-state index in [1.807, 2.05) is 30.1 Å². The van der Waals surface area contributed by atoms with Gasteiger partial charge in [0.25, 0.3) is 0 Å². The van der Waals surface area contributed by atoms with Crippen molar-refractivity contribution in [2.45, 2.75) is 27.3 Å². The summed E-state index contributed by atoms with van der Waals surface area (Å²) in [5.74, 6) is 0.0231. The first-order chi connectivity index (χ1) is 9.95. The standard InChI is InChI=1S/C17H22N2OS/c1-12-5-6-15(9-14(12)3)18-17(20)11-19(4)10-16-13(2)7-8-21-16/h5-9H,10-11H2,1-4H3,(H,18,20). The summed E-state index contributed by atoms with van der Waals surface area (Å²) in [4.78, 5) is 15.4. The summed E-state index contributed by atoms with van der Waals surface area (Å²) in [6.45, 7) is 7.43. The van der Waals surface area contributed by atoms with Crippen LogP contribution in [0, 0.1) is 20.8 Å². The Morgan fingerprint density at radius 3 is 2.52 bits per heavy atom. The molecule has 0 bridgehead atoms. The zero-order valence-electron chi connectivity index (χ0n) is 13.1. The van der Waals surface area contributed by atoms with Crippen molar-refractivity contribution in [3.05, 3.63) is 51.2 Å². The van der Waals surface area contributed by atoms with E-state index in [-0.39, 0.29) is 5.91 Å². The highest BCUT2D eigenvalue weighted by Crippen LogP contribution is 2.17. The predicted molar refractivity (Wildman–Crippen MR) is 89.9 cm³/mol. The molecule has 2 aromatic rings. The van der Waals surface area contributed by atoms with E-state index >= 15 is 0 Å². The zero-order chi connectivity index (χ0) is 15.4. The molecule has 0 spiro atoms. The van der Waals surface area contributed by atoms with Crippen molar-refractivity contribution in [3.8, 4) is 0 Å². The SMILES string of the molecule is Cc1ccc(NC(=O)CN(C)Cc2sccc2C)cc1C. The molecule has 0 unspecified atom stereocenters. The van der Waals surface area contributed by atoms with Crippen LogP contribution in [0.25, 0.3) is 0 Å². The lowest BCUT2D eigenvalue weighted by atomic mass is 10.1. The van der Waals surface area contributed by atoms with E-state index < -0.39 is 0 Å². The summed E-state index contributed by atoms with van der Waals surface area (Å²) in [6, 6.07) is 8.10. The molecule has 0 atom stereocenters. The number of likely N-dealkylation sites (N-methyl/N-ethyl adjacent to an activating group) is 1. The van der Waals surface area contributed by atoms with Gasteiger partial charge in [-0.15, -0.1) is 11.3 Å². The zero-order valence-corrected chi connectivity index (χ0v) is 13.9. The normalized spacial score (nSPS) is 10.9. The van der Waals surface area contributed by atoms with Crippen LogP contribution in [0.5, 0.6) is 0 Å². The van der Waals surface area contributed by atoms with Gasteiger partial charge in [0.05, 0.1) is 6.54 Å². The van der Waals surface area contributed by atoms with Crippen LogP contribution in [0.4, 0.5) is 5.69 Å². The molecule has 2 rings (SSSR count). The minimum absolute atomic E-state index is 0.0231. The van der Waals surface area contributed by atoms with E-state index in [2.05, 4.69) is 37.5 Å². The van der Waals surface area contributed by atoms with Crippen LogP contribution in [-0.4, -0.2) is 24.4 Å². The molecule has 1 N–H and O–H groups in total. The molecule has 1 heterocycles. The summed E-state index contributed by atoms with van der Waals surface area (Å²) >= 11 is 1.74. The van der Waals surface area contributed by atoms with E-state index in [4.69, 9.17) is 0 Å². The molecule has 0 aliphatic rings. The lowest BCUT2D eigenvalue weighted by molar-refractivity contribution is -0.117. The van der Waals surface area contributed by atoms with E-state index in [0.29, 0.717) is 6.54 Å². The monoisotopic (exact) mass is 302 g/mol. The Hall–Kier alpha value is -1.65. The molecule has 4 heteroatoms. The molecule has 0 radical (unpaired) electrons. The van der Waals surface area contributed by atoms with Crippen molar-refractivity contribution >= 4 is 22.9 Å². The summed E-state index contributed by atoms with van der Waals surface area (Å²) < 4.78 is 0. The fraction of sp³-hybridized carbons (Fsp3) is 0.353. The second-order valence-corrected chi connectivity index (χ2v) is 6.55. The third-order valence-electron chi connectivity index (χ3n) is 3.59. The van der Waals surface area contributed by atoms with Crippen LogP contribution in [0.1, 0.15) is 21.6 Å². The van der Waals surface area contributed by atoms with Gasteiger partial charge in [0.1, 0.15) is 0 Å². The molecule has 0 aliphatic heterocycles. The number of hydrogen-bond acceptors (Lipinski definition) is 3. The van der Waals surface area contributed by atoms with Crippen LogP contribution in [0.2, 0.25) is 0 Å². The minimum atomic E-state index is 0.0231. The molecule has 3 nitrogen and oxygen atoms in total. The summed E-state index contributed by atoms with van der Waals surface area (Å²) in [7, 11) is 1.97. The molecule has 1 aromatic carbocycles. The quantitative estimate of drug-likeness (QED) is 0.912. The predicted octanol–water partition coefficient (Wildman–Crippen LogP) is 3.74. The largest absolute Gasteiger partial charge is 0.325 e. The van der Waals surface area contributed by atoms with Crippen LogP contribution >= 0.6 is 11.3 Å². The Morgan fingerprint density at radius 1 is 1.14 bits per heavy atom. The van der Waals surface area contributed by atoms with Crippen LogP contribution in [-0.2, 0) is 11.3 Å². The van der Waals surface area contributed by atoms with Gasteiger partial charge in [-0.2, -0.15) is 0 Å². The Bertz CT molecular complexity index is 633. The number of hydrogen-bond donors (Lipinski definition) is 1. The molecular weight excluding hydrogens is 280 g/mol. The van der Waals surface area contributed by atoms with E-state index in [0.717, 1.165) is 12.2 Å². The molecular formula is C17H22N2OS. The third-order valence-corrected chi connectivity index (χ3v) is 4.59. The molecule has 0 aliphatic carbocycles. The van der Waals surface area contributed by atoms with Crippen molar-refractivity contribution in [2.75, 3.05) is 18.9 Å². The highest BCUT2D eigenvalue weighted by atomic mass is 32.1. The highest BCUT2D eigenvalue weighted by Gasteiger charge is 2.10. The maximum atomic E-state index is 12.1. The summed E-state index contributed by atoms with van der Waals surface area (Å²) in [5.41, 5.74) is 4.58. The lowest BCUT2D eigenvalue weighted by Crippen LogP contribution is -2.29. The molecule has 0 fully saturated rings. The number of thiophene rings is 1. The Kier molecular flexibility index (Phi) is 5.15. The van der Waals surface area contributed by atoms with Crippen LogP contribution in [0.3, 0.4) is 0 Å². The van der Waals surface area contributed by atoms with Gasteiger partial charge in [-0.05, 0) is 68.1 Å².